The highest BCUT2D eigenvalue weighted by molar-refractivity contribution is 7.99. The Hall–Kier alpha value is -0.710. The maximum Gasteiger partial charge on any atom is 0.313 e. The number of hydrogen-bond donors (Lipinski definition) is 2. The Morgan fingerprint density at radius 3 is 2.69 bits per heavy atom. The molecule has 0 aliphatic rings. The highest BCUT2D eigenvalue weighted by Gasteiger charge is 1.99. The molecule has 0 saturated heterocycles. The Labute approximate surface area is 82.1 Å². The molecule has 0 aromatic carbocycles. The molecule has 1 amide bonds. The van der Waals surface area contributed by atoms with E-state index in [1.165, 1.54) is 11.8 Å². The van der Waals surface area contributed by atoms with Gasteiger partial charge in [-0.2, -0.15) is 0 Å². The van der Waals surface area contributed by atoms with Crippen LogP contribution in [0.5, 0.6) is 0 Å². The lowest BCUT2D eigenvalue weighted by Gasteiger charge is -2.02. The number of carboxylic acid groups (broad SMARTS) is 1. The molecule has 0 rings (SSSR count). The van der Waals surface area contributed by atoms with Gasteiger partial charge in [-0.25, -0.2) is 0 Å². The molecule has 0 aromatic rings. The van der Waals surface area contributed by atoms with Crippen LogP contribution in [0.2, 0.25) is 0 Å². The summed E-state index contributed by atoms with van der Waals surface area (Å²) >= 11 is 1.31. The van der Waals surface area contributed by atoms with Crippen LogP contribution >= 0.6 is 11.8 Å². The summed E-state index contributed by atoms with van der Waals surface area (Å²) in [5.74, 6) is -0.0194. The number of hydrogen-bond acceptors (Lipinski definition) is 3. The molecule has 0 spiro atoms. The van der Waals surface area contributed by atoms with Crippen molar-refractivity contribution in [3.63, 3.8) is 0 Å². The number of rotatable bonds is 7. The number of carbonyl (C=O) groups excluding carboxylic acids is 1. The molecule has 0 atom stereocenters. The highest BCUT2D eigenvalue weighted by Crippen LogP contribution is 1.97. The Morgan fingerprint density at radius 2 is 2.15 bits per heavy atom. The van der Waals surface area contributed by atoms with E-state index in [0.29, 0.717) is 18.7 Å². The van der Waals surface area contributed by atoms with E-state index in [-0.39, 0.29) is 11.7 Å². The van der Waals surface area contributed by atoms with Gasteiger partial charge in [-0.1, -0.05) is 6.92 Å². The van der Waals surface area contributed by atoms with Gasteiger partial charge in [0.25, 0.3) is 0 Å². The van der Waals surface area contributed by atoms with Gasteiger partial charge in [0.15, 0.2) is 0 Å². The molecule has 0 radical (unpaired) electrons. The minimum Gasteiger partial charge on any atom is -0.481 e. The standard InChI is InChI=1S/C8H15NO3S/c1-2-3-7(10)9-4-5-13-6-8(11)12/h2-6H2,1H3,(H,9,10)(H,11,12). The van der Waals surface area contributed by atoms with Gasteiger partial charge in [-0.05, 0) is 6.42 Å². The van der Waals surface area contributed by atoms with Crippen molar-refractivity contribution in [2.75, 3.05) is 18.1 Å². The van der Waals surface area contributed by atoms with Crippen molar-refractivity contribution >= 4 is 23.6 Å². The van der Waals surface area contributed by atoms with Gasteiger partial charge in [0.05, 0.1) is 5.75 Å². The summed E-state index contributed by atoms with van der Waals surface area (Å²) in [4.78, 5) is 21.0. The molecule has 0 aromatic heterocycles. The molecular formula is C8H15NO3S. The predicted octanol–water partition coefficient (Wildman–Crippen LogP) is 0.721. The van der Waals surface area contributed by atoms with Crippen molar-refractivity contribution < 1.29 is 14.7 Å². The molecule has 4 nitrogen and oxygen atoms in total. The maximum atomic E-state index is 10.9. The van der Waals surface area contributed by atoms with Crippen LogP contribution in [0, 0.1) is 0 Å². The fourth-order valence-electron chi connectivity index (χ4n) is 0.738. The number of carboxylic acids is 1. The van der Waals surface area contributed by atoms with E-state index in [1.807, 2.05) is 6.92 Å². The fraction of sp³-hybridized carbons (Fsp3) is 0.750. The topological polar surface area (TPSA) is 66.4 Å². The van der Waals surface area contributed by atoms with Gasteiger partial charge in [0, 0.05) is 18.7 Å². The SMILES string of the molecule is CCCC(=O)NCCSCC(=O)O. The van der Waals surface area contributed by atoms with Crippen molar-refractivity contribution in [1.29, 1.82) is 0 Å². The second-order valence-corrected chi connectivity index (χ2v) is 3.65. The first-order valence-electron chi connectivity index (χ1n) is 4.23. The van der Waals surface area contributed by atoms with Crippen molar-refractivity contribution in [3.05, 3.63) is 0 Å². The third kappa shape index (κ3) is 9.20. The molecule has 13 heavy (non-hydrogen) atoms. The monoisotopic (exact) mass is 205 g/mol. The Morgan fingerprint density at radius 1 is 1.46 bits per heavy atom. The van der Waals surface area contributed by atoms with E-state index < -0.39 is 5.97 Å². The van der Waals surface area contributed by atoms with Gasteiger partial charge in [0.1, 0.15) is 0 Å². The Balaban J connectivity index is 3.16. The predicted molar refractivity (Wildman–Crippen MR) is 52.9 cm³/mol. The number of nitrogens with one attached hydrogen (secondary N) is 1. The lowest BCUT2D eigenvalue weighted by atomic mass is 10.3. The molecule has 76 valence electrons. The van der Waals surface area contributed by atoms with Gasteiger partial charge in [-0.15, -0.1) is 11.8 Å². The first kappa shape index (κ1) is 12.3. The smallest absolute Gasteiger partial charge is 0.313 e. The molecule has 0 aliphatic heterocycles. The van der Waals surface area contributed by atoms with Crippen molar-refractivity contribution in [3.8, 4) is 0 Å². The number of thioether (sulfide) groups is 1. The maximum absolute atomic E-state index is 10.9. The van der Waals surface area contributed by atoms with Crippen LogP contribution in [0.3, 0.4) is 0 Å². The third-order valence-electron chi connectivity index (χ3n) is 1.27. The van der Waals surface area contributed by atoms with Crippen LogP contribution in [0.1, 0.15) is 19.8 Å². The van der Waals surface area contributed by atoms with Crippen molar-refractivity contribution in [2.24, 2.45) is 0 Å². The van der Waals surface area contributed by atoms with Gasteiger partial charge < -0.3 is 10.4 Å². The van der Waals surface area contributed by atoms with Crippen LogP contribution in [-0.2, 0) is 9.59 Å². The zero-order valence-corrected chi connectivity index (χ0v) is 8.52. The highest BCUT2D eigenvalue weighted by atomic mass is 32.2. The van der Waals surface area contributed by atoms with Crippen LogP contribution < -0.4 is 5.32 Å². The molecule has 0 bridgehead atoms. The lowest BCUT2D eigenvalue weighted by molar-refractivity contribution is -0.133. The minimum atomic E-state index is -0.815. The molecule has 0 heterocycles. The van der Waals surface area contributed by atoms with E-state index >= 15 is 0 Å². The van der Waals surface area contributed by atoms with Crippen LogP contribution in [-0.4, -0.2) is 35.0 Å². The Bertz CT molecular complexity index is 173. The molecule has 0 unspecified atom stereocenters. The van der Waals surface area contributed by atoms with Crippen LogP contribution in [0.25, 0.3) is 0 Å². The van der Waals surface area contributed by atoms with Crippen LogP contribution in [0.15, 0.2) is 0 Å². The molecule has 0 aliphatic carbocycles. The van der Waals surface area contributed by atoms with E-state index in [0.717, 1.165) is 6.42 Å². The zero-order valence-electron chi connectivity index (χ0n) is 7.71. The third-order valence-corrected chi connectivity index (χ3v) is 2.22. The van der Waals surface area contributed by atoms with E-state index in [4.69, 9.17) is 5.11 Å². The first-order chi connectivity index (χ1) is 6.16. The molecule has 5 heteroatoms. The quantitative estimate of drug-likeness (QED) is 0.601. The normalized spacial score (nSPS) is 9.62. The van der Waals surface area contributed by atoms with Gasteiger partial charge in [-0.3, -0.25) is 9.59 Å². The summed E-state index contributed by atoms with van der Waals surface area (Å²) < 4.78 is 0. The van der Waals surface area contributed by atoms with Crippen LogP contribution in [0.4, 0.5) is 0 Å². The van der Waals surface area contributed by atoms with Gasteiger partial charge in [0.2, 0.25) is 5.91 Å². The molecule has 0 saturated carbocycles. The minimum absolute atomic E-state index is 0.0402. The fourth-order valence-corrected chi connectivity index (χ4v) is 1.30. The van der Waals surface area contributed by atoms with Crippen molar-refractivity contribution in [1.82, 2.24) is 5.32 Å². The average Bonchev–Trinajstić information content (AvgIpc) is 2.03. The second kappa shape index (κ2) is 7.91. The number of amides is 1. The summed E-state index contributed by atoms with van der Waals surface area (Å²) in [6.45, 7) is 2.50. The number of aliphatic carboxylic acids is 1. The zero-order chi connectivity index (χ0) is 10.1. The average molecular weight is 205 g/mol. The first-order valence-corrected chi connectivity index (χ1v) is 5.38. The van der Waals surface area contributed by atoms with Crippen molar-refractivity contribution in [2.45, 2.75) is 19.8 Å². The second-order valence-electron chi connectivity index (χ2n) is 2.55. The summed E-state index contributed by atoms with van der Waals surface area (Å²) in [6, 6.07) is 0. The van der Waals surface area contributed by atoms with E-state index in [2.05, 4.69) is 5.32 Å². The Kier molecular flexibility index (Phi) is 7.48. The summed E-state index contributed by atoms with van der Waals surface area (Å²) in [5, 5.41) is 11.0. The molecular weight excluding hydrogens is 190 g/mol. The summed E-state index contributed by atoms with van der Waals surface area (Å²) in [7, 11) is 0. The molecule has 0 fully saturated rings. The molecule has 2 N–H and O–H groups in total. The summed E-state index contributed by atoms with van der Waals surface area (Å²) in [5.41, 5.74) is 0. The number of carbonyl (C=O) groups is 2. The van der Waals surface area contributed by atoms with E-state index in [1.54, 1.807) is 0 Å². The van der Waals surface area contributed by atoms with E-state index in [9.17, 15) is 9.59 Å². The lowest BCUT2D eigenvalue weighted by Crippen LogP contribution is -2.25. The summed E-state index contributed by atoms with van der Waals surface area (Å²) in [6.07, 6.45) is 1.39. The largest absolute Gasteiger partial charge is 0.481 e. The van der Waals surface area contributed by atoms with Gasteiger partial charge >= 0.3 is 5.97 Å².